The quantitative estimate of drug-likeness (QED) is 0.502. The lowest BCUT2D eigenvalue weighted by atomic mass is 10.2. The molecule has 0 fully saturated rings. The molecule has 0 N–H and O–H groups in total. The highest BCUT2D eigenvalue weighted by atomic mass is 19.4. The molecule has 0 aliphatic heterocycles. The zero-order valence-electron chi connectivity index (χ0n) is 19.2. The summed E-state index contributed by atoms with van der Waals surface area (Å²) in [6, 6.07) is 12.0. The largest absolute Gasteiger partial charge is 0.442 e. The molecule has 9 nitrogen and oxygen atoms in total. The van der Waals surface area contributed by atoms with Gasteiger partial charge in [-0.3, -0.25) is 4.79 Å². The van der Waals surface area contributed by atoms with Gasteiger partial charge in [-0.15, -0.1) is 0 Å². The lowest BCUT2D eigenvalue weighted by Crippen LogP contribution is -2.50. The fourth-order valence-corrected chi connectivity index (χ4v) is 3.01. The van der Waals surface area contributed by atoms with Crippen molar-refractivity contribution in [2.75, 3.05) is 12.1 Å². The van der Waals surface area contributed by atoms with Gasteiger partial charge in [-0.1, -0.05) is 6.07 Å². The lowest BCUT2D eigenvalue weighted by Gasteiger charge is -2.33. The van der Waals surface area contributed by atoms with Gasteiger partial charge in [0.05, 0.1) is 28.6 Å². The standard InChI is InChI=1S/C23H21F3N6O3/c1-22(2,3)35-21(34)32(18-7-5-6-16(12-18)23(24,25)26)30(4)20(33)19-28-14-29-31(19)17-10-8-15(13-27)9-11-17/h5-12,14H,1-4H3. The number of nitriles is 1. The van der Waals surface area contributed by atoms with E-state index in [1.807, 2.05) is 6.07 Å². The van der Waals surface area contributed by atoms with E-state index < -0.39 is 29.3 Å². The smallest absolute Gasteiger partial charge is 0.434 e. The van der Waals surface area contributed by atoms with Crippen molar-refractivity contribution in [1.29, 1.82) is 5.26 Å². The summed E-state index contributed by atoms with van der Waals surface area (Å²) >= 11 is 0. The third kappa shape index (κ3) is 5.75. The van der Waals surface area contributed by atoms with Gasteiger partial charge in [0.25, 0.3) is 0 Å². The number of aromatic nitrogens is 3. The number of carbonyl (C=O) groups excluding carboxylic acids is 2. The van der Waals surface area contributed by atoms with E-state index in [2.05, 4.69) is 10.1 Å². The molecule has 0 aliphatic carbocycles. The van der Waals surface area contributed by atoms with Gasteiger partial charge < -0.3 is 4.74 Å². The summed E-state index contributed by atoms with van der Waals surface area (Å²) in [5.41, 5.74) is -1.45. The molecule has 2 amide bonds. The lowest BCUT2D eigenvalue weighted by molar-refractivity contribution is -0.137. The average Bonchev–Trinajstić information content (AvgIpc) is 3.27. The van der Waals surface area contributed by atoms with E-state index in [0.29, 0.717) is 16.3 Å². The Morgan fingerprint density at radius 2 is 1.74 bits per heavy atom. The molecule has 12 heteroatoms. The molecule has 2 aromatic carbocycles. The van der Waals surface area contributed by atoms with E-state index >= 15 is 0 Å². The van der Waals surface area contributed by atoms with Crippen molar-refractivity contribution >= 4 is 17.7 Å². The molecule has 3 aromatic rings. The Bertz CT molecular complexity index is 1270. The van der Waals surface area contributed by atoms with Crippen LogP contribution in [0.5, 0.6) is 0 Å². The molecule has 0 spiro atoms. The normalized spacial score (nSPS) is 11.5. The van der Waals surface area contributed by atoms with Crippen LogP contribution in [0.25, 0.3) is 5.69 Å². The molecule has 182 valence electrons. The highest BCUT2D eigenvalue weighted by molar-refractivity contribution is 5.98. The number of hydrazine groups is 1. The summed E-state index contributed by atoms with van der Waals surface area (Å²) in [5, 5.41) is 14.5. The molecule has 0 radical (unpaired) electrons. The summed E-state index contributed by atoms with van der Waals surface area (Å²) in [5.74, 6) is -1.08. The molecule has 0 saturated carbocycles. The maximum atomic E-state index is 13.4. The van der Waals surface area contributed by atoms with Crippen LogP contribution in [0, 0.1) is 11.3 Å². The number of rotatable bonds is 3. The number of halogens is 3. The van der Waals surface area contributed by atoms with Gasteiger partial charge in [-0.2, -0.15) is 28.5 Å². The Morgan fingerprint density at radius 1 is 1.09 bits per heavy atom. The van der Waals surface area contributed by atoms with E-state index in [-0.39, 0.29) is 11.5 Å². The van der Waals surface area contributed by atoms with Gasteiger partial charge in [-0.25, -0.2) is 19.5 Å². The molecule has 1 heterocycles. The second-order valence-electron chi connectivity index (χ2n) is 8.32. The monoisotopic (exact) mass is 486 g/mol. The van der Waals surface area contributed by atoms with E-state index in [1.165, 1.54) is 29.9 Å². The minimum atomic E-state index is -4.67. The molecule has 0 aliphatic rings. The zero-order chi connectivity index (χ0) is 26.0. The minimum Gasteiger partial charge on any atom is -0.442 e. The SMILES string of the molecule is CN(C(=O)c1ncnn1-c1ccc(C#N)cc1)N(C(=O)OC(C)(C)C)c1cccc(C(F)(F)F)c1. The number of amides is 2. The molecular weight excluding hydrogens is 465 g/mol. The maximum absolute atomic E-state index is 13.4. The third-order valence-corrected chi connectivity index (χ3v) is 4.56. The van der Waals surface area contributed by atoms with Crippen LogP contribution in [-0.2, 0) is 10.9 Å². The van der Waals surface area contributed by atoms with Gasteiger partial charge in [0.2, 0.25) is 5.82 Å². The van der Waals surface area contributed by atoms with Crippen molar-refractivity contribution in [2.24, 2.45) is 0 Å². The molecule has 0 unspecified atom stereocenters. The number of hydrogen-bond donors (Lipinski definition) is 0. The predicted octanol–water partition coefficient (Wildman–Crippen LogP) is 4.59. The van der Waals surface area contributed by atoms with Crippen LogP contribution >= 0.6 is 0 Å². The van der Waals surface area contributed by atoms with Crippen molar-refractivity contribution in [3.8, 4) is 11.8 Å². The van der Waals surface area contributed by atoms with Crippen LogP contribution in [-0.4, -0.2) is 44.4 Å². The van der Waals surface area contributed by atoms with E-state index in [1.54, 1.807) is 32.9 Å². The first-order chi connectivity index (χ1) is 16.3. The molecule has 3 rings (SSSR count). The number of anilines is 1. The van der Waals surface area contributed by atoms with Gasteiger partial charge >= 0.3 is 18.2 Å². The van der Waals surface area contributed by atoms with Crippen molar-refractivity contribution in [1.82, 2.24) is 19.8 Å². The van der Waals surface area contributed by atoms with Crippen LogP contribution < -0.4 is 5.01 Å². The Balaban J connectivity index is 2.04. The Kier molecular flexibility index (Phi) is 6.82. The van der Waals surface area contributed by atoms with Crippen molar-refractivity contribution in [2.45, 2.75) is 32.5 Å². The summed E-state index contributed by atoms with van der Waals surface area (Å²) in [7, 11) is 1.20. The zero-order valence-corrected chi connectivity index (χ0v) is 19.2. The fraction of sp³-hybridized carbons (Fsp3) is 0.261. The van der Waals surface area contributed by atoms with Crippen molar-refractivity contribution in [3.05, 3.63) is 71.8 Å². The van der Waals surface area contributed by atoms with Crippen LogP contribution in [0.4, 0.5) is 23.7 Å². The summed E-state index contributed by atoms with van der Waals surface area (Å²) in [6.07, 6.45) is -4.63. The Labute approximate surface area is 198 Å². The summed E-state index contributed by atoms with van der Waals surface area (Å²) in [6.45, 7) is 4.75. The third-order valence-electron chi connectivity index (χ3n) is 4.56. The average molecular weight is 486 g/mol. The topological polar surface area (TPSA) is 104 Å². The van der Waals surface area contributed by atoms with Crippen molar-refractivity contribution < 1.29 is 27.5 Å². The number of ether oxygens (including phenoxy) is 1. The highest BCUT2D eigenvalue weighted by Crippen LogP contribution is 2.32. The second kappa shape index (κ2) is 9.46. The van der Waals surface area contributed by atoms with Crippen LogP contribution in [0.15, 0.2) is 54.9 Å². The van der Waals surface area contributed by atoms with Crippen LogP contribution in [0.2, 0.25) is 0 Å². The molecule has 1 aromatic heterocycles. The first-order valence-corrected chi connectivity index (χ1v) is 10.2. The minimum absolute atomic E-state index is 0.224. The molecule has 35 heavy (non-hydrogen) atoms. The number of benzene rings is 2. The first-order valence-electron chi connectivity index (χ1n) is 10.2. The molecule has 0 bridgehead atoms. The van der Waals surface area contributed by atoms with E-state index in [4.69, 9.17) is 10.00 Å². The Morgan fingerprint density at radius 3 is 2.31 bits per heavy atom. The fourth-order valence-electron chi connectivity index (χ4n) is 3.01. The van der Waals surface area contributed by atoms with Crippen molar-refractivity contribution in [3.63, 3.8) is 0 Å². The second-order valence-corrected chi connectivity index (χ2v) is 8.32. The number of alkyl halides is 3. The van der Waals surface area contributed by atoms with Gasteiger partial charge in [-0.05, 0) is 63.2 Å². The van der Waals surface area contributed by atoms with Crippen LogP contribution in [0.3, 0.4) is 0 Å². The van der Waals surface area contributed by atoms with E-state index in [9.17, 15) is 22.8 Å². The maximum Gasteiger partial charge on any atom is 0.434 e. The molecule has 0 atom stereocenters. The predicted molar refractivity (Wildman–Crippen MR) is 118 cm³/mol. The summed E-state index contributed by atoms with van der Waals surface area (Å²) < 4.78 is 46.5. The van der Waals surface area contributed by atoms with E-state index in [0.717, 1.165) is 29.5 Å². The number of nitrogens with zero attached hydrogens (tertiary/aromatic N) is 6. The highest BCUT2D eigenvalue weighted by Gasteiger charge is 2.35. The summed E-state index contributed by atoms with van der Waals surface area (Å²) in [4.78, 5) is 30.3. The van der Waals surface area contributed by atoms with Gasteiger partial charge in [0, 0.05) is 7.05 Å². The van der Waals surface area contributed by atoms with Crippen LogP contribution in [0.1, 0.15) is 42.5 Å². The number of hydrogen-bond acceptors (Lipinski definition) is 6. The van der Waals surface area contributed by atoms with Gasteiger partial charge in [0.1, 0.15) is 11.9 Å². The van der Waals surface area contributed by atoms with Gasteiger partial charge in [0.15, 0.2) is 0 Å². The molecule has 0 saturated heterocycles. The Hall–Kier alpha value is -4.40. The number of carbonyl (C=O) groups is 2. The first kappa shape index (κ1) is 25.2. The molecular formula is C23H21F3N6O3.